The van der Waals surface area contributed by atoms with E-state index in [-0.39, 0.29) is 6.61 Å². The predicted octanol–water partition coefficient (Wildman–Crippen LogP) is 2.12. The van der Waals surface area contributed by atoms with E-state index in [1.54, 1.807) is 13.0 Å². The van der Waals surface area contributed by atoms with Crippen LogP contribution >= 0.6 is 0 Å². The third-order valence-corrected chi connectivity index (χ3v) is 4.08. The molecule has 0 aliphatic carbocycles. The van der Waals surface area contributed by atoms with Gasteiger partial charge in [-0.25, -0.2) is 4.98 Å². The maximum Gasteiger partial charge on any atom is 0.258 e. The number of nitrogens with two attached hydrogens (primary N) is 1. The molecular formula is C19H21N3O3. The van der Waals surface area contributed by atoms with Crippen LogP contribution in [0.3, 0.4) is 0 Å². The molecule has 0 radical (unpaired) electrons. The van der Waals surface area contributed by atoms with E-state index in [0.717, 1.165) is 28.1 Å². The smallest absolute Gasteiger partial charge is 0.258 e. The first kappa shape index (κ1) is 17.0. The largest absolute Gasteiger partial charge is 0.481 e. The summed E-state index contributed by atoms with van der Waals surface area (Å²) in [5.74, 6) is 0.801. The fourth-order valence-corrected chi connectivity index (χ4v) is 2.80. The number of ether oxygens (including phenoxy) is 1. The van der Waals surface area contributed by atoms with E-state index in [1.807, 2.05) is 47.9 Å². The number of aromatic nitrogens is 2. The topological polar surface area (TPSA) is 90.4 Å². The predicted molar refractivity (Wildman–Crippen MR) is 95.9 cm³/mol. The summed E-state index contributed by atoms with van der Waals surface area (Å²) in [7, 11) is 0. The molecule has 0 saturated carbocycles. The first-order valence-electron chi connectivity index (χ1n) is 8.15. The Bertz CT molecular complexity index is 917. The summed E-state index contributed by atoms with van der Waals surface area (Å²) in [4.78, 5) is 15.9. The Morgan fingerprint density at radius 2 is 2.08 bits per heavy atom. The molecule has 1 aromatic heterocycles. The van der Waals surface area contributed by atoms with Crippen molar-refractivity contribution < 1.29 is 14.6 Å². The van der Waals surface area contributed by atoms with E-state index < -0.39 is 12.0 Å². The van der Waals surface area contributed by atoms with Crippen LogP contribution in [0, 0.1) is 6.92 Å². The molecule has 0 aliphatic heterocycles. The van der Waals surface area contributed by atoms with Gasteiger partial charge in [0.2, 0.25) is 0 Å². The maximum atomic E-state index is 11.2. The summed E-state index contributed by atoms with van der Waals surface area (Å²) in [6.07, 6.45) is -0.273. The van der Waals surface area contributed by atoms with E-state index in [4.69, 9.17) is 10.5 Å². The zero-order chi connectivity index (χ0) is 18.0. The monoisotopic (exact) mass is 339 g/mol. The van der Waals surface area contributed by atoms with Crippen LogP contribution < -0.4 is 10.5 Å². The normalized spacial score (nSPS) is 12.3. The number of para-hydroxylation sites is 1. The molecule has 1 amide bonds. The Balaban J connectivity index is 2.11. The molecule has 0 spiro atoms. The SMILES string of the molecule is Cc1cccc2c1nc(CCO)n2-c1cccc(OC(C)C(N)=O)c1. The molecular weight excluding hydrogens is 318 g/mol. The minimum Gasteiger partial charge on any atom is -0.481 e. The van der Waals surface area contributed by atoms with Gasteiger partial charge in [-0.05, 0) is 37.6 Å². The fourth-order valence-electron chi connectivity index (χ4n) is 2.80. The minimum atomic E-state index is -0.714. The standard InChI is InChI=1S/C19H21N3O3/c1-12-5-3-8-16-18(12)21-17(9-10-23)22(16)14-6-4-7-15(11-14)25-13(2)19(20)24/h3-8,11,13,23H,9-10H2,1-2H3,(H2,20,24). The Kier molecular flexibility index (Phi) is 4.72. The number of fused-ring (bicyclic) bond motifs is 1. The molecule has 0 aliphatic rings. The molecule has 130 valence electrons. The number of aliphatic hydroxyl groups is 1. The van der Waals surface area contributed by atoms with Gasteiger partial charge >= 0.3 is 0 Å². The van der Waals surface area contributed by atoms with Crippen LogP contribution in [-0.4, -0.2) is 33.3 Å². The molecule has 1 heterocycles. The van der Waals surface area contributed by atoms with Crippen molar-refractivity contribution in [3.63, 3.8) is 0 Å². The van der Waals surface area contributed by atoms with Crippen LogP contribution in [0.2, 0.25) is 0 Å². The van der Waals surface area contributed by atoms with E-state index in [1.165, 1.54) is 0 Å². The number of hydrogen-bond acceptors (Lipinski definition) is 4. The number of imidazole rings is 1. The molecule has 6 heteroatoms. The van der Waals surface area contributed by atoms with Crippen LogP contribution in [0.1, 0.15) is 18.3 Å². The van der Waals surface area contributed by atoms with Gasteiger partial charge in [-0.2, -0.15) is 0 Å². The number of carbonyl (C=O) groups is 1. The van der Waals surface area contributed by atoms with E-state index >= 15 is 0 Å². The molecule has 0 fully saturated rings. The lowest BCUT2D eigenvalue weighted by Crippen LogP contribution is -2.30. The van der Waals surface area contributed by atoms with Crippen molar-refractivity contribution in [3.05, 3.63) is 53.9 Å². The number of aliphatic hydroxyl groups excluding tert-OH is 1. The van der Waals surface area contributed by atoms with E-state index in [9.17, 15) is 9.90 Å². The second-order valence-electron chi connectivity index (χ2n) is 5.94. The summed E-state index contributed by atoms with van der Waals surface area (Å²) in [5, 5.41) is 9.39. The number of nitrogens with zero attached hydrogens (tertiary/aromatic N) is 2. The lowest BCUT2D eigenvalue weighted by molar-refractivity contribution is -0.123. The highest BCUT2D eigenvalue weighted by Gasteiger charge is 2.15. The average Bonchev–Trinajstić information content (AvgIpc) is 2.95. The Morgan fingerprint density at radius 3 is 2.80 bits per heavy atom. The van der Waals surface area contributed by atoms with Crippen molar-refractivity contribution in [1.29, 1.82) is 0 Å². The van der Waals surface area contributed by atoms with Crippen molar-refractivity contribution in [2.75, 3.05) is 6.61 Å². The number of aryl methyl sites for hydroxylation is 1. The molecule has 1 atom stereocenters. The number of hydrogen-bond donors (Lipinski definition) is 2. The Hall–Kier alpha value is -2.86. The lowest BCUT2D eigenvalue weighted by Gasteiger charge is -2.14. The van der Waals surface area contributed by atoms with Crippen molar-refractivity contribution >= 4 is 16.9 Å². The van der Waals surface area contributed by atoms with Gasteiger partial charge in [-0.15, -0.1) is 0 Å². The first-order valence-corrected chi connectivity index (χ1v) is 8.15. The van der Waals surface area contributed by atoms with Crippen molar-refractivity contribution in [2.45, 2.75) is 26.4 Å². The average molecular weight is 339 g/mol. The van der Waals surface area contributed by atoms with E-state index in [0.29, 0.717) is 12.2 Å². The van der Waals surface area contributed by atoms with Crippen molar-refractivity contribution in [3.8, 4) is 11.4 Å². The number of rotatable bonds is 6. The molecule has 6 nitrogen and oxygen atoms in total. The van der Waals surface area contributed by atoms with Gasteiger partial charge in [0.05, 0.1) is 23.3 Å². The van der Waals surface area contributed by atoms with Gasteiger partial charge < -0.3 is 15.6 Å². The molecule has 25 heavy (non-hydrogen) atoms. The van der Waals surface area contributed by atoms with Gasteiger partial charge in [0.15, 0.2) is 6.10 Å². The summed E-state index contributed by atoms with van der Waals surface area (Å²) in [6, 6.07) is 13.4. The summed E-state index contributed by atoms with van der Waals surface area (Å²) in [5.41, 5.74) is 9.06. The summed E-state index contributed by atoms with van der Waals surface area (Å²) >= 11 is 0. The van der Waals surface area contributed by atoms with Crippen LogP contribution in [0.5, 0.6) is 5.75 Å². The van der Waals surface area contributed by atoms with Gasteiger partial charge in [0, 0.05) is 12.5 Å². The van der Waals surface area contributed by atoms with Crippen molar-refractivity contribution in [1.82, 2.24) is 9.55 Å². The van der Waals surface area contributed by atoms with Gasteiger partial charge in [0.25, 0.3) is 5.91 Å². The number of primary amides is 1. The van der Waals surface area contributed by atoms with Gasteiger partial charge in [-0.1, -0.05) is 18.2 Å². The zero-order valence-corrected chi connectivity index (χ0v) is 14.3. The number of benzene rings is 2. The highest BCUT2D eigenvalue weighted by molar-refractivity contribution is 5.81. The molecule has 3 rings (SSSR count). The third-order valence-electron chi connectivity index (χ3n) is 4.08. The van der Waals surface area contributed by atoms with Gasteiger partial charge in [0.1, 0.15) is 11.6 Å². The molecule has 3 N–H and O–H groups in total. The molecule has 2 aromatic carbocycles. The number of carbonyl (C=O) groups excluding carboxylic acids is 1. The summed E-state index contributed by atoms with van der Waals surface area (Å²) in [6.45, 7) is 3.63. The minimum absolute atomic E-state index is 0.0112. The maximum absolute atomic E-state index is 11.2. The Morgan fingerprint density at radius 1 is 1.32 bits per heavy atom. The third kappa shape index (κ3) is 3.34. The molecule has 1 unspecified atom stereocenters. The second-order valence-corrected chi connectivity index (χ2v) is 5.94. The van der Waals surface area contributed by atoms with E-state index in [2.05, 4.69) is 4.98 Å². The van der Waals surface area contributed by atoms with Crippen LogP contribution in [0.15, 0.2) is 42.5 Å². The molecule has 3 aromatic rings. The zero-order valence-electron chi connectivity index (χ0n) is 14.3. The number of amides is 1. The highest BCUT2D eigenvalue weighted by atomic mass is 16.5. The van der Waals surface area contributed by atoms with Crippen molar-refractivity contribution in [2.24, 2.45) is 5.73 Å². The summed E-state index contributed by atoms with van der Waals surface area (Å²) < 4.78 is 7.59. The van der Waals surface area contributed by atoms with Gasteiger partial charge in [-0.3, -0.25) is 9.36 Å². The van der Waals surface area contributed by atoms with Crippen LogP contribution in [0.25, 0.3) is 16.7 Å². The fraction of sp³-hybridized carbons (Fsp3) is 0.263. The molecule has 0 bridgehead atoms. The highest BCUT2D eigenvalue weighted by Crippen LogP contribution is 2.26. The van der Waals surface area contributed by atoms with Crippen LogP contribution in [-0.2, 0) is 11.2 Å². The lowest BCUT2D eigenvalue weighted by atomic mass is 10.2. The van der Waals surface area contributed by atoms with Crippen LogP contribution in [0.4, 0.5) is 0 Å². The first-order chi connectivity index (χ1) is 12.0. The second kappa shape index (κ2) is 6.94. The quantitative estimate of drug-likeness (QED) is 0.720. The Labute approximate surface area is 145 Å². The molecule has 0 saturated heterocycles.